The predicted molar refractivity (Wildman–Crippen MR) is 52.2 cm³/mol. The number of carboxylic acid groups (broad SMARTS) is 1. The molecule has 5 N–H and O–H groups in total. The van der Waals surface area contributed by atoms with Gasteiger partial charge in [0.1, 0.15) is 5.15 Å². The number of pyridine rings is 1. The van der Waals surface area contributed by atoms with Crippen LogP contribution in [0, 0.1) is 0 Å². The molecule has 1 atom stereocenters. The summed E-state index contributed by atoms with van der Waals surface area (Å²) in [5.41, 5.74) is 11.4. The molecular formula is C8H10ClN3O2. The molecule has 1 aromatic heterocycles. The van der Waals surface area contributed by atoms with Gasteiger partial charge in [-0.3, -0.25) is 0 Å². The van der Waals surface area contributed by atoms with Crippen molar-refractivity contribution in [2.24, 2.45) is 11.5 Å². The Labute approximate surface area is 85.7 Å². The van der Waals surface area contributed by atoms with Crippen LogP contribution in [0.3, 0.4) is 0 Å². The average molecular weight is 216 g/mol. The highest BCUT2D eigenvalue weighted by atomic mass is 35.5. The lowest BCUT2D eigenvalue weighted by Crippen LogP contribution is -2.22. The normalized spacial score (nSPS) is 12.5. The Morgan fingerprint density at radius 2 is 2.29 bits per heavy atom. The SMILES string of the molecule is NC[C@H](N)c1ccc(C(=O)O)c(Cl)n1. The van der Waals surface area contributed by atoms with Crippen LogP contribution in [-0.4, -0.2) is 22.6 Å². The van der Waals surface area contributed by atoms with Gasteiger partial charge in [-0.1, -0.05) is 11.6 Å². The van der Waals surface area contributed by atoms with Crippen LogP contribution in [-0.2, 0) is 0 Å². The molecule has 14 heavy (non-hydrogen) atoms. The topological polar surface area (TPSA) is 102 Å². The zero-order valence-electron chi connectivity index (χ0n) is 7.27. The Morgan fingerprint density at radius 1 is 1.64 bits per heavy atom. The lowest BCUT2D eigenvalue weighted by Gasteiger charge is -2.08. The Kier molecular flexibility index (Phi) is 3.40. The number of aromatic carboxylic acids is 1. The van der Waals surface area contributed by atoms with E-state index in [4.69, 9.17) is 28.2 Å². The Hall–Kier alpha value is -1.17. The largest absolute Gasteiger partial charge is 0.478 e. The van der Waals surface area contributed by atoms with E-state index in [2.05, 4.69) is 4.98 Å². The van der Waals surface area contributed by atoms with Crippen LogP contribution in [0.5, 0.6) is 0 Å². The fourth-order valence-corrected chi connectivity index (χ4v) is 1.18. The van der Waals surface area contributed by atoms with Crippen molar-refractivity contribution >= 4 is 17.6 Å². The number of rotatable bonds is 3. The maximum Gasteiger partial charge on any atom is 0.338 e. The summed E-state index contributed by atoms with van der Waals surface area (Å²) in [7, 11) is 0. The number of hydrogen-bond acceptors (Lipinski definition) is 4. The first-order valence-electron chi connectivity index (χ1n) is 3.91. The van der Waals surface area contributed by atoms with Gasteiger partial charge in [-0.05, 0) is 12.1 Å². The van der Waals surface area contributed by atoms with Gasteiger partial charge in [0.05, 0.1) is 17.3 Å². The zero-order valence-corrected chi connectivity index (χ0v) is 8.03. The van der Waals surface area contributed by atoms with Crippen molar-refractivity contribution in [1.82, 2.24) is 4.98 Å². The molecule has 0 aliphatic heterocycles. The van der Waals surface area contributed by atoms with E-state index in [1.54, 1.807) is 0 Å². The molecule has 0 saturated heterocycles. The lowest BCUT2D eigenvalue weighted by molar-refractivity contribution is 0.0696. The van der Waals surface area contributed by atoms with E-state index in [9.17, 15) is 4.79 Å². The Morgan fingerprint density at radius 3 is 2.71 bits per heavy atom. The van der Waals surface area contributed by atoms with Crippen molar-refractivity contribution in [1.29, 1.82) is 0 Å². The number of aromatic nitrogens is 1. The number of nitrogens with two attached hydrogens (primary N) is 2. The van der Waals surface area contributed by atoms with E-state index < -0.39 is 12.0 Å². The smallest absolute Gasteiger partial charge is 0.338 e. The van der Waals surface area contributed by atoms with Crippen LogP contribution >= 0.6 is 11.6 Å². The second kappa shape index (κ2) is 4.36. The number of nitrogens with zero attached hydrogens (tertiary/aromatic N) is 1. The molecule has 0 aliphatic rings. The molecule has 0 bridgehead atoms. The maximum atomic E-state index is 10.6. The van der Waals surface area contributed by atoms with Crippen molar-refractivity contribution < 1.29 is 9.90 Å². The second-order valence-corrected chi connectivity index (χ2v) is 3.08. The lowest BCUT2D eigenvalue weighted by atomic mass is 10.2. The summed E-state index contributed by atoms with van der Waals surface area (Å²) in [5, 5.41) is 8.60. The van der Waals surface area contributed by atoms with Crippen LogP contribution in [0.1, 0.15) is 22.1 Å². The molecule has 0 fully saturated rings. The summed E-state index contributed by atoms with van der Waals surface area (Å²) in [6.07, 6.45) is 0. The molecule has 0 amide bonds. The minimum Gasteiger partial charge on any atom is -0.478 e. The molecule has 76 valence electrons. The van der Waals surface area contributed by atoms with Crippen LogP contribution in [0.25, 0.3) is 0 Å². The van der Waals surface area contributed by atoms with Crippen molar-refractivity contribution in [2.75, 3.05) is 6.54 Å². The first-order valence-corrected chi connectivity index (χ1v) is 4.29. The zero-order chi connectivity index (χ0) is 10.7. The van der Waals surface area contributed by atoms with E-state index >= 15 is 0 Å². The first kappa shape index (κ1) is 10.9. The van der Waals surface area contributed by atoms with Crippen LogP contribution in [0.4, 0.5) is 0 Å². The molecule has 0 radical (unpaired) electrons. The fraction of sp³-hybridized carbons (Fsp3) is 0.250. The summed E-state index contributed by atoms with van der Waals surface area (Å²) in [4.78, 5) is 14.4. The van der Waals surface area contributed by atoms with Crippen molar-refractivity contribution in [2.45, 2.75) is 6.04 Å². The Bertz CT molecular complexity index is 356. The van der Waals surface area contributed by atoms with Gasteiger partial charge in [-0.2, -0.15) is 0 Å². The predicted octanol–water partition coefficient (Wildman–Crippen LogP) is 0.392. The maximum absolute atomic E-state index is 10.6. The quantitative estimate of drug-likeness (QED) is 0.633. The van der Waals surface area contributed by atoms with Gasteiger partial charge in [-0.25, -0.2) is 9.78 Å². The van der Waals surface area contributed by atoms with Crippen molar-refractivity contribution in [3.8, 4) is 0 Å². The van der Waals surface area contributed by atoms with Crippen LogP contribution in [0.15, 0.2) is 12.1 Å². The van der Waals surface area contributed by atoms with Crippen molar-refractivity contribution in [3.05, 3.63) is 28.5 Å². The minimum absolute atomic E-state index is 0.0420. The van der Waals surface area contributed by atoms with E-state index in [-0.39, 0.29) is 17.3 Å². The van der Waals surface area contributed by atoms with Gasteiger partial charge in [0.15, 0.2) is 0 Å². The molecule has 6 heteroatoms. The molecule has 0 spiro atoms. The van der Waals surface area contributed by atoms with E-state index in [1.165, 1.54) is 12.1 Å². The van der Waals surface area contributed by atoms with E-state index in [0.717, 1.165) is 0 Å². The van der Waals surface area contributed by atoms with Gasteiger partial charge >= 0.3 is 5.97 Å². The summed E-state index contributed by atoms with van der Waals surface area (Å²) >= 11 is 5.64. The fourth-order valence-electron chi connectivity index (χ4n) is 0.935. The second-order valence-electron chi connectivity index (χ2n) is 2.72. The summed E-state index contributed by atoms with van der Waals surface area (Å²) in [6, 6.07) is 2.45. The molecule has 1 heterocycles. The van der Waals surface area contributed by atoms with E-state index in [1.807, 2.05) is 0 Å². The summed E-state index contributed by atoms with van der Waals surface area (Å²) in [5.74, 6) is -1.12. The Balaban J connectivity index is 3.06. The third-order valence-electron chi connectivity index (χ3n) is 1.73. The number of hydrogen-bond donors (Lipinski definition) is 3. The standard InChI is InChI=1S/C8H10ClN3O2/c9-7-4(8(13)14)1-2-6(12-7)5(11)3-10/h1-2,5H,3,10-11H2,(H,13,14)/t5-/m0/s1. The molecule has 0 unspecified atom stereocenters. The highest BCUT2D eigenvalue weighted by molar-refractivity contribution is 6.32. The van der Waals surface area contributed by atoms with Gasteiger partial charge < -0.3 is 16.6 Å². The van der Waals surface area contributed by atoms with Gasteiger partial charge in [0, 0.05) is 6.54 Å². The first-order chi connectivity index (χ1) is 6.56. The van der Waals surface area contributed by atoms with E-state index in [0.29, 0.717) is 5.69 Å². The third-order valence-corrected chi connectivity index (χ3v) is 2.02. The number of carboxylic acids is 1. The molecule has 1 rings (SSSR count). The molecule has 5 nitrogen and oxygen atoms in total. The number of carbonyl (C=O) groups is 1. The number of halogens is 1. The third kappa shape index (κ3) is 2.20. The molecule has 1 aromatic rings. The molecule has 0 aliphatic carbocycles. The molecule has 0 aromatic carbocycles. The van der Waals surface area contributed by atoms with Crippen molar-refractivity contribution in [3.63, 3.8) is 0 Å². The van der Waals surface area contributed by atoms with Gasteiger partial charge in [0.25, 0.3) is 0 Å². The minimum atomic E-state index is -1.12. The van der Waals surface area contributed by atoms with Crippen LogP contribution < -0.4 is 11.5 Å². The average Bonchev–Trinajstić information content (AvgIpc) is 2.15. The molecular weight excluding hydrogens is 206 g/mol. The highest BCUT2D eigenvalue weighted by Gasteiger charge is 2.12. The van der Waals surface area contributed by atoms with Crippen LogP contribution in [0.2, 0.25) is 5.15 Å². The monoisotopic (exact) mass is 215 g/mol. The van der Waals surface area contributed by atoms with Gasteiger partial charge in [-0.15, -0.1) is 0 Å². The molecule has 0 saturated carbocycles. The highest BCUT2D eigenvalue weighted by Crippen LogP contribution is 2.16. The van der Waals surface area contributed by atoms with Gasteiger partial charge in [0.2, 0.25) is 0 Å². The summed E-state index contributed by atoms with van der Waals surface area (Å²) < 4.78 is 0. The summed E-state index contributed by atoms with van der Waals surface area (Å²) in [6.45, 7) is 0.232.